The fraction of sp³-hybridized carbons (Fsp3) is 0.143. The number of aromatic nitrogens is 3. The number of hydrogen-bond donors (Lipinski definition) is 1. The van der Waals surface area contributed by atoms with Crippen molar-refractivity contribution in [3.63, 3.8) is 0 Å². The van der Waals surface area contributed by atoms with E-state index in [9.17, 15) is 4.39 Å². The molecule has 0 spiro atoms. The molecule has 21 heavy (non-hydrogen) atoms. The molecule has 7 heteroatoms. The Morgan fingerprint density at radius 2 is 2.00 bits per heavy atom. The third kappa shape index (κ3) is 3.30. The fourth-order valence-electron chi connectivity index (χ4n) is 2.05. The minimum absolute atomic E-state index is 0.212. The van der Waals surface area contributed by atoms with Crippen LogP contribution < -0.4 is 5.32 Å². The number of nitrogens with zero attached hydrogens (tertiary/aromatic N) is 3. The van der Waals surface area contributed by atoms with Gasteiger partial charge in [-0.05, 0) is 34.1 Å². The van der Waals surface area contributed by atoms with Gasteiger partial charge in [-0.1, -0.05) is 15.9 Å². The van der Waals surface area contributed by atoms with Gasteiger partial charge in [-0.25, -0.2) is 14.4 Å². The van der Waals surface area contributed by atoms with E-state index in [-0.39, 0.29) is 5.82 Å². The second-order valence-corrected chi connectivity index (χ2v) is 6.26. The Morgan fingerprint density at radius 1 is 1.14 bits per heavy atom. The van der Waals surface area contributed by atoms with Crippen LogP contribution in [0.4, 0.5) is 4.39 Å². The van der Waals surface area contributed by atoms with Gasteiger partial charge in [0.25, 0.3) is 0 Å². The van der Waals surface area contributed by atoms with Crippen molar-refractivity contribution in [3.05, 3.63) is 62.9 Å². The lowest BCUT2D eigenvalue weighted by Gasteiger charge is -2.07. The Labute approximate surface area is 137 Å². The molecule has 0 unspecified atom stereocenters. The summed E-state index contributed by atoms with van der Waals surface area (Å²) in [5.74, 6) is -0.212. The second kappa shape index (κ2) is 6.21. The van der Waals surface area contributed by atoms with Gasteiger partial charge in [0.05, 0.1) is 18.1 Å². The Balaban J connectivity index is 1.72. The zero-order valence-electron chi connectivity index (χ0n) is 10.9. The summed E-state index contributed by atoms with van der Waals surface area (Å²) in [4.78, 5) is 8.40. The SMILES string of the molecule is Fc1ccc(Br)cc1CNCc1cnc2cnc(Br)cn12. The van der Waals surface area contributed by atoms with E-state index in [1.807, 2.05) is 10.6 Å². The first-order valence-electron chi connectivity index (χ1n) is 6.25. The highest BCUT2D eigenvalue weighted by Crippen LogP contribution is 2.16. The smallest absolute Gasteiger partial charge is 0.155 e. The second-order valence-electron chi connectivity index (χ2n) is 4.53. The Hall–Kier alpha value is -1.31. The molecule has 0 saturated heterocycles. The molecule has 0 aliphatic heterocycles. The van der Waals surface area contributed by atoms with Gasteiger partial charge in [0.1, 0.15) is 10.4 Å². The van der Waals surface area contributed by atoms with Crippen molar-refractivity contribution in [2.45, 2.75) is 13.1 Å². The summed E-state index contributed by atoms with van der Waals surface area (Å²) in [7, 11) is 0. The van der Waals surface area contributed by atoms with Crippen molar-refractivity contribution in [1.29, 1.82) is 0 Å². The molecule has 2 heterocycles. The Kier molecular flexibility index (Phi) is 4.32. The predicted octanol–water partition coefficient (Wildman–Crippen LogP) is 3.68. The maximum Gasteiger partial charge on any atom is 0.155 e. The molecule has 0 amide bonds. The molecule has 3 rings (SSSR count). The van der Waals surface area contributed by atoms with Crippen LogP contribution >= 0.6 is 31.9 Å². The highest BCUT2D eigenvalue weighted by Gasteiger charge is 2.06. The van der Waals surface area contributed by atoms with Gasteiger partial charge in [-0.3, -0.25) is 4.40 Å². The van der Waals surface area contributed by atoms with Gasteiger partial charge in [0.2, 0.25) is 0 Å². The van der Waals surface area contributed by atoms with E-state index in [4.69, 9.17) is 0 Å². The van der Waals surface area contributed by atoms with Crippen molar-refractivity contribution in [2.75, 3.05) is 0 Å². The summed E-state index contributed by atoms with van der Waals surface area (Å²) in [5.41, 5.74) is 2.40. The van der Waals surface area contributed by atoms with Crippen LogP contribution in [0.1, 0.15) is 11.3 Å². The molecule has 1 N–H and O–H groups in total. The lowest BCUT2D eigenvalue weighted by molar-refractivity contribution is 0.584. The van der Waals surface area contributed by atoms with Crippen LogP contribution in [-0.2, 0) is 13.1 Å². The van der Waals surface area contributed by atoms with Gasteiger partial charge < -0.3 is 5.32 Å². The van der Waals surface area contributed by atoms with Crippen LogP contribution in [0.15, 0.2) is 45.9 Å². The zero-order chi connectivity index (χ0) is 14.8. The van der Waals surface area contributed by atoms with Gasteiger partial charge >= 0.3 is 0 Å². The summed E-state index contributed by atoms with van der Waals surface area (Å²) in [6.45, 7) is 1.04. The minimum atomic E-state index is -0.212. The van der Waals surface area contributed by atoms with Crippen LogP contribution in [-0.4, -0.2) is 14.4 Å². The highest BCUT2D eigenvalue weighted by molar-refractivity contribution is 9.10. The molecule has 0 radical (unpaired) electrons. The van der Waals surface area contributed by atoms with E-state index in [0.717, 1.165) is 20.4 Å². The van der Waals surface area contributed by atoms with Crippen molar-refractivity contribution in [3.8, 4) is 0 Å². The minimum Gasteiger partial charge on any atom is -0.307 e. The first kappa shape index (κ1) is 14.6. The average molecular weight is 414 g/mol. The van der Waals surface area contributed by atoms with Crippen molar-refractivity contribution >= 4 is 37.5 Å². The molecule has 108 valence electrons. The largest absolute Gasteiger partial charge is 0.307 e. The maximum atomic E-state index is 13.6. The Morgan fingerprint density at radius 3 is 2.86 bits per heavy atom. The molecule has 3 aromatic rings. The monoisotopic (exact) mass is 412 g/mol. The summed E-state index contributed by atoms with van der Waals surface area (Å²) < 4.78 is 17.2. The predicted molar refractivity (Wildman–Crippen MR) is 85.3 cm³/mol. The quantitative estimate of drug-likeness (QED) is 0.709. The molecule has 0 atom stereocenters. The van der Waals surface area contributed by atoms with Gasteiger partial charge in [-0.15, -0.1) is 0 Å². The Bertz CT molecular complexity index is 788. The summed E-state index contributed by atoms with van der Waals surface area (Å²) >= 11 is 6.69. The number of rotatable bonds is 4. The summed E-state index contributed by atoms with van der Waals surface area (Å²) in [6, 6.07) is 4.92. The van der Waals surface area contributed by atoms with Crippen molar-refractivity contribution in [1.82, 2.24) is 19.7 Å². The van der Waals surface area contributed by atoms with Gasteiger partial charge in [0, 0.05) is 29.3 Å². The van der Waals surface area contributed by atoms with Crippen molar-refractivity contribution < 1.29 is 4.39 Å². The average Bonchev–Trinajstić information content (AvgIpc) is 2.85. The summed E-state index contributed by atoms with van der Waals surface area (Å²) in [6.07, 6.45) is 5.34. The number of nitrogens with one attached hydrogen (secondary N) is 1. The topological polar surface area (TPSA) is 42.2 Å². The maximum absolute atomic E-state index is 13.6. The molecule has 4 nitrogen and oxygen atoms in total. The van der Waals surface area contributed by atoms with Crippen LogP contribution in [0.25, 0.3) is 5.65 Å². The van der Waals surface area contributed by atoms with E-state index < -0.39 is 0 Å². The highest BCUT2D eigenvalue weighted by atomic mass is 79.9. The summed E-state index contributed by atoms with van der Waals surface area (Å²) in [5, 5.41) is 3.23. The first-order chi connectivity index (χ1) is 10.1. The lowest BCUT2D eigenvalue weighted by atomic mass is 10.2. The van der Waals surface area contributed by atoms with Crippen LogP contribution in [0.2, 0.25) is 0 Å². The molecule has 0 fully saturated rings. The zero-order valence-corrected chi connectivity index (χ0v) is 14.0. The van der Waals surface area contributed by atoms with Crippen molar-refractivity contribution in [2.24, 2.45) is 0 Å². The molecule has 2 aromatic heterocycles. The number of halogens is 3. The van der Waals surface area contributed by atoms with Crippen LogP contribution in [0.5, 0.6) is 0 Å². The van der Waals surface area contributed by atoms with Gasteiger partial charge in [-0.2, -0.15) is 0 Å². The molecule has 1 aromatic carbocycles. The molecule has 0 saturated carbocycles. The van der Waals surface area contributed by atoms with Crippen LogP contribution in [0.3, 0.4) is 0 Å². The van der Waals surface area contributed by atoms with E-state index in [1.165, 1.54) is 6.07 Å². The van der Waals surface area contributed by atoms with Gasteiger partial charge in [0.15, 0.2) is 5.65 Å². The molecular weight excluding hydrogens is 403 g/mol. The van der Waals surface area contributed by atoms with E-state index in [2.05, 4.69) is 47.1 Å². The van der Waals surface area contributed by atoms with E-state index >= 15 is 0 Å². The standard InChI is InChI=1S/C14H11Br2FN4/c15-10-1-2-12(17)9(3-10)4-18-5-11-6-20-14-7-19-13(16)8-21(11)14/h1-3,6-8,18H,4-5H2. The number of hydrogen-bond acceptors (Lipinski definition) is 3. The van der Waals surface area contributed by atoms with E-state index in [1.54, 1.807) is 24.5 Å². The third-order valence-electron chi connectivity index (χ3n) is 3.07. The van der Waals surface area contributed by atoms with E-state index in [0.29, 0.717) is 18.7 Å². The number of imidazole rings is 1. The first-order valence-corrected chi connectivity index (χ1v) is 7.84. The number of benzene rings is 1. The number of fused-ring (bicyclic) bond motifs is 1. The fourth-order valence-corrected chi connectivity index (χ4v) is 2.77. The molecule has 0 aliphatic carbocycles. The van der Waals surface area contributed by atoms with Crippen LogP contribution in [0, 0.1) is 5.82 Å². The lowest BCUT2D eigenvalue weighted by Crippen LogP contribution is -2.15. The molecular formula is C14H11Br2FN4. The molecule has 0 bridgehead atoms. The normalized spacial score (nSPS) is 11.2. The molecule has 0 aliphatic rings. The third-order valence-corrected chi connectivity index (χ3v) is 3.97.